The summed E-state index contributed by atoms with van der Waals surface area (Å²) in [4.78, 5) is 0. The van der Waals surface area contributed by atoms with E-state index >= 15 is 0 Å². The van der Waals surface area contributed by atoms with E-state index in [4.69, 9.17) is 16.3 Å². The van der Waals surface area contributed by atoms with Crippen molar-refractivity contribution in [3.8, 4) is 5.75 Å². The van der Waals surface area contributed by atoms with Crippen molar-refractivity contribution in [2.24, 2.45) is 5.41 Å². The quantitative estimate of drug-likeness (QED) is 0.662. The Morgan fingerprint density at radius 2 is 1.80 bits per heavy atom. The third-order valence-electron chi connectivity index (χ3n) is 4.97. The smallest absolute Gasteiger partial charge is 0.123 e. The van der Waals surface area contributed by atoms with Crippen LogP contribution in [-0.4, -0.2) is 11.5 Å². The molecule has 1 aliphatic rings. The van der Waals surface area contributed by atoms with Crippen molar-refractivity contribution < 1.29 is 4.74 Å². The summed E-state index contributed by atoms with van der Waals surface area (Å²) in [6.45, 7) is 11.1. The molecule has 1 saturated carbocycles. The fourth-order valence-corrected chi connectivity index (χ4v) is 3.97. The minimum Gasteiger partial charge on any atom is -0.489 e. The van der Waals surface area contributed by atoms with Crippen molar-refractivity contribution >= 4 is 11.6 Å². The number of halogens is 1. The molecule has 0 saturated heterocycles. The zero-order valence-corrected chi connectivity index (χ0v) is 14.1. The highest BCUT2D eigenvalue weighted by Crippen LogP contribution is 2.52. The van der Waals surface area contributed by atoms with Gasteiger partial charge in [0.05, 0.1) is 0 Å². The Labute approximate surface area is 128 Å². The first kappa shape index (κ1) is 15.7. The van der Waals surface area contributed by atoms with E-state index in [1.807, 2.05) is 0 Å². The molecule has 0 aromatic heterocycles. The van der Waals surface area contributed by atoms with Gasteiger partial charge in [-0.05, 0) is 29.9 Å². The molecule has 112 valence electrons. The van der Waals surface area contributed by atoms with Gasteiger partial charge in [0.25, 0.3) is 0 Å². The van der Waals surface area contributed by atoms with E-state index in [9.17, 15) is 0 Å². The normalized spacial score (nSPS) is 25.1. The Balaban J connectivity index is 2.24. The largest absolute Gasteiger partial charge is 0.489 e. The Hall–Kier alpha value is -0.690. The molecule has 1 aliphatic carbocycles. The molecule has 1 aromatic carbocycles. The zero-order chi connectivity index (χ0) is 15.0. The summed E-state index contributed by atoms with van der Waals surface area (Å²) >= 11 is 6.48. The molecule has 0 aliphatic heterocycles. The van der Waals surface area contributed by atoms with E-state index in [-0.39, 0.29) is 22.3 Å². The molecule has 2 atom stereocenters. The van der Waals surface area contributed by atoms with Crippen molar-refractivity contribution in [1.82, 2.24) is 0 Å². The maximum Gasteiger partial charge on any atom is 0.123 e. The summed E-state index contributed by atoms with van der Waals surface area (Å²) in [6, 6.07) is 8.41. The van der Waals surface area contributed by atoms with E-state index < -0.39 is 0 Å². The lowest BCUT2D eigenvalue weighted by atomic mass is 9.62. The number of rotatable bonds is 4. The second-order valence-electron chi connectivity index (χ2n) is 7.00. The average Bonchev–Trinajstić information content (AvgIpc) is 2.39. The van der Waals surface area contributed by atoms with Gasteiger partial charge in [0.1, 0.15) is 11.9 Å². The van der Waals surface area contributed by atoms with Crippen molar-refractivity contribution in [3.63, 3.8) is 0 Å². The van der Waals surface area contributed by atoms with Gasteiger partial charge in [-0.2, -0.15) is 0 Å². The van der Waals surface area contributed by atoms with Crippen LogP contribution in [0.25, 0.3) is 0 Å². The molecule has 0 bridgehead atoms. The SMILES string of the molecule is CCC1(CC)C(Cl)CC1Oc1ccccc1C(C)(C)C. The van der Waals surface area contributed by atoms with Gasteiger partial charge < -0.3 is 4.74 Å². The maximum atomic E-state index is 6.48. The first-order valence-electron chi connectivity index (χ1n) is 7.75. The van der Waals surface area contributed by atoms with Crippen LogP contribution in [0.5, 0.6) is 5.75 Å². The van der Waals surface area contributed by atoms with Gasteiger partial charge in [0, 0.05) is 17.2 Å². The molecule has 2 heteroatoms. The number of benzene rings is 1. The Bertz CT molecular complexity index is 457. The topological polar surface area (TPSA) is 9.23 Å². The minimum atomic E-state index is 0.0990. The van der Waals surface area contributed by atoms with Crippen molar-refractivity contribution in [3.05, 3.63) is 29.8 Å². The molecule has 20 heavy (non-hydrogen) atoms. The van der Waals surface area contributed by atoms with Crippen LogP contribution in [-0.2, 0) is 5.41 Å². The number of hydrogen-bond donors (Lipinski definition) is 0. The molecule has 0 heterocycles. The van der Waals surface area contributed by atoms with Crippen molar-refractivity contribution in [1.29, 1.82) is 0 Å². The maximum absolute atomic E-state index is 6.48. The summed E-state index contributed by atoms with van der Waals surface area (Å²) in [5.41, 5.74) is 1.52. The van der Waals surface area contributed by atoms with E-state index in [2.05, 4.69) is 58.9 Å². The summed E-state index contributed by atoms with van der Waals surface area (Å²) in [5, 5.41) is 0.254. The summed E-state index contributed by atoms with van der Waals surface area (Å²) in [5.74, 6) is 1.03. The monoisotopic (exact) mass is 294 g/mol. The third kappa shape index (κ3) is 2.57. The molecule has 0 N–H and O–H groups in total. The van der Waals surface area contributed by atoms with Gasteiger partial charge in [0.2, 0.25) is 0 Å². The molecule has 1 fully saturated rings. The molecule has 2 rings (SSSR count). The van der Waals surface area contributed by atoms with Crippen LogP contribution < -0.4 is 4.74 Å². The van der Waals surface area contributed by atoms with Gasteiger partial charge in [0.15, 0.2) is 0 Å². The van der Waals surface area contributed by atoms with Crippen LogP contribution >= 0.6 is 11.6 Å². The number of hydrogen-bond acceptors (Lipinski definition) is 1. The van der Waals surface area contributed by atoms with Crippen LogP contribution in [0.1, 0.15) is 59.4 Å². The minimum absolute atomic E-state index is 0.0990. The molecule has 0 radical (unpaired) electrons. The average molecular weight is 295 g/mol. The predicted octanol–water partition coefficient (Wildman–Crippen LogP) is 5.55. The van der Waals surface area contributed by atoms with Crippen LogP contribution in [0.15, 0.2) is 24.3 Å². The molecule has 2 unspecified atom stereocenters. The molecule has 0 amide bonds. The molecule has 0 spiro atoms. The highest BCUT2D eigenvalue weighted by Gasteiger charge is 2.53. The fourth-order valence-electron chi connectivity index (χ4n) is 3.35. The van der Waals surface area contributed by atoms with Gasteiger partial charge in [-0.1, -0.05) is 52.8 Å². The molecule has 1 aromatic rings. The van der Waals surface area contributed by atoms with Gasteiger partial charge in [-0.3, -0.25) is 0 Å². The van der Waals surface area contributed by atoms with Crippen LogP contribution in [0.3, 0.4) is 0 Å². The Morgan fingerprint density at radius 3 is 2.30 bits per heavy atom. The van der Waals surface area contributed by atoms with Gasteiger partial charge in [-0.25, -0.2) is 0 Å². The van der Waals surface area contributed by atoms with Gasteiger partial charge in [-0.15, -0.1) is 11.6 Å². The van der Waals surface area contributed by atoms with Crippen molar-refractivity contribution in [2.45, 2.75) is 70.8 Å². The number of ether oxygens (including phenoxy) is 1. The lowest BCUT2D eigenvalue weighted by Crippen LogP contribution is -2.56. The zero-order valence-electron chi connectivity index (χ0n) is 13.4. The third-order valence-corrected chi connectivity index (χ3v) is 5.58. The Kier molecular flexibility index (Phi) is 4.39. The first-order valence-corrected chi connectivity index (χ1v) is 8.19. The van der Waals surface area contributed by atoms with Crippen molar-refractivity contribution in [2.75, 3.05) is 0 Å². The summed E-state index contributed by atoms with van der Waals surface area (Å²) < 4.78 is 6.39. The van der Waals surface area contributed by atoms with Crippen LogP contribution in [0.2, 0.25) is 0 Å². The Morgan fingerprint density at radius 1 is 1.20 bits per heavy atom. The van der Waals surface area contributed by atoms with E-state index in [0.717, 1.165) is 25.0 Å². The standard InChI is InChI=1S/C18H27ClO/c1-6-18(7-2)15(19)12-16(18)20-14-11-9-8-10-13(14)17(3,4)5/h8-11,15-16H,6-7,12H2,1-5H3. The van der Waals surface area contributed by atoms with E-state index in [1.165, 1.54) is 5.56 Å². The lowest BCUT2D eigenvalue weighted by molar-refractivity contribution is -0.0470. The second-order valence-corrected chi connectivity index (χ2v) is 7.52. The molecular weight excluding hydrogens is 268 g/mol. The first-order chi connectivity index (χ1) is 9.35. The summed E-state index contributed by atoms with van der Waals surface area (Å²) in [7, 11) is 0. The summed E-state index contributed by atoms with van der Waals surface area (Å²) in [6.07, 6.45) is 3.38. The molecular formula is C18H27ClO. The number of alkyl halides is 1. The second kappa shape index (κ2) is 5.60. The van der Waals surface area contributed by atoms with Gasteiger partial charge >= 0.3 is 0 Å². The van der Waals surface area contributed by atoms with E-state index in [1.54, 1.807) is 0 Å². The fraction of sp³-hybridized carbons (Fsp3) is 0.667. The highest BCUT2D eigenvalue weighted by atomic mass is 35.5. The highest BCUT2D eigenvalue weighted by molar-refractivity contribution is 6.21. The van der Waals surface area contributed by atoms with Crippen LogP contribution in [0, 0.1) is 5.41 Å². The number of para-hydroxylation sites is 1. The molecule has 1 nitrogen and oxygen atoms in total. The lowest BCUT2D eigenvalue weighted by Gasteiger charge is -2.52. The van der Waals surface area contributed by atoms with E-state index in [0.29, 0.717) is 0 Å². The predicted molar refractivity (Wildman–Crippen MR) is 86.8 cm³/mol. The van der Waals surface area contributed by atoms with Crippen LogP contribution in [0.4, 0.5) is 0 Å².